The van der Waals surface area contributed by atoms with E-state index in [9.17, 15) is 9.59 Å². The molecule has 0 spiro atoms. The Labute approximate surface area is 119 Å². The van der Waals surface area contributed by atoms with E-state index in [1.165, 1.54) is 0 Å². The number of nitrogens with two attached hydrogens (primary N) is 1. The molecular formula is C15H22N2O3. The van der Waals surface area contributed by atoms with Gasteiger partial charge in [-0.1, -0.05) is 25.1 Å². The Morgan fingerprint density at radius 2 is 2.05 bits per heavy atom. The van der Waals surface area contributed by atoms with Crippen LogP contribution in [-0.4, -0.2) is 30.1 Å². The summed E-state index contributed by atoms with van der Waals surface area (Å²) < 4.78 is 0. The van der Waals surface area contributed by atoms with E-state index in [2.05, 4.69) is 5.32 Å². The van der Waals surface area contributed by atoms with Gasteiger partial charge in [-0.05, 0) is 36.9 Å². The first kappa shape index (κ1) is 16.2. The molecule has 1 aromatic rings. The second-order valence-corrected chi connectivity index (χ2v) is 4.94. The molecule has 0 fully saturated rings. The van der Waals surface area contributed by atoms with Gasteiger partial charge in [-0.15, -0.1) is 0 Å². The molecule has 0 aliphatic carbocycles. The first-order valence-corrected chi connectivity index (χ1v) is 6.82. The van der Waals surface area contributed by atoms with Crippen molar-refractivity contribution in [1.29, 1.82) is 0 Å². The van der Waals surface area contributed by atoms with Crippen LogP contribution in [0.3, 0.4) is 0 Å². The molecule has 0 bridgehead atoms. The highest BCUT2D eigenvalue weighted by Gasteiger charge is 2.12. The Hall–Kier alpha value is -1.88. The minimum absolute atomic E-state index is 0.126. The smallest absolute Gasteiger partial charge is 0.303 e. The number of amides is 1. The van der Waals surface area contributed by atoms with E-state index in [-0.39, 0.29) is 18.2 Å². The lowest BCUT2D eigenvalue weighted by molar-refractivity contribution is -0.137. The number of carboxylic acids is 1. The zero-order valence-corrected chi connectivity index (χ0v) is 11.8. The van der Waals surface area contributed by atoms with Gasteiger partial charge in [0, 0.05) is 18.5 Å². The second-order valence-electron chi connectivity index (χ2n) is 4.94. The van der Waals surface area contributed by atoms with E-state index in [1.54, 1.807) is 6.07 Å². The van der Waals surface area contributed by atoms with E-state index in [1.807, 2.05) is 25.1 Å². The number of nitrogens with one attached hydrogen (secondary N) is 1. The summed E-state index contributed by atoms with van der Waals surface area (Å²) in [6, 6.07) is 7.39. The third-order valence-corrected chi connectivity index (χ3v) is 3.14. The Kier molecular flexibility index (Phi) is 6.73. The van der Waals surface area contributed by atoms with Crippen LogP contribution in [0, 0.1) is 5.92 Å². The third-order valence-electron chi connectivity index (χ3n) is 3.14. The number of hydrogen-bond acceptors (Lipinski definition) is 3. The molecular weight excluding hydrogens is 256 g/mol. The SMILES string of the molecule is CC(CCC(=O)O)CNC(=O)c1ccccc1CCN. The van der Waals surface area contributed by atoms with Gasteiger partial charge < -0.3 is 16.2 Å². The molecule has 0 heterocycles. The standard InChI is InChI=1S/C15H22N2O3/c1-11(6-7-14(18)19)10-17-15(20)13-5-3-2-4-12(13)8-9-16/h2-5,11H,6-10,16H2,1H3,(H,17,20)(H,18,19). The maximum Gasteiger partial charge on any atom is 0.303 e. The maximum absolute atomic E-state index is 12.1. The van der Waals surface area contributed by atoms with Gasteiger partial charge >= 0.3 is 5.97 Å². The van der Waals surface area contributed by atoms with Crippen LogP contribution in [0.5, 0.6) is 0 Å². The fourth-order valence-corrected chi connectivity index (χ4v) is 1.95. The molecule has 0 radical (unpaired) electrons. The van der Waals surface area contributed by atoms with E-state index >= 15 is 0 Å². The van der Waals surface area contributed by atoms with Gasteiger partial charge in [-0.2, -0.15) is 0 Å². The van der Waals surface area contributed by atoms with Gasteiger partial charge in [0.2, 0.25) is 0 Å². The van der Waals surface area contributed by atoms with Crippen LogP contribution in [0.2, 0.25) is 0 Å². The molecule has 110 valence electrons. The van der Waals surface area contributed by atoms with Crippen molar-refractivity contribution in [3.8, 4) is 0 Å². The highest BCUT2D eigenvalue weighted by molar-refractivity contribution is 5.95. The molecule has 1 atom stereocenters. The molecule has 0 aromatic heterocycles. The van der Waals surface area contributed by atoms with E-state index in [0.717, 1.165) is 5.56 Å². The summed E-state index contributed by atoms with van der Waals surface area (Å²) >= 11 is 0. The van der Waals surface area contributed by atoms with Crippen molar-refractivity contribution in [3.05, 3.63) is 35.4 Å². The first-order valence-electron chi connectivity index (χ1n) is 6.82. The predicted molar refractivity (Wildman–Crippen MR) is 77.6 cm³/mol. The van der Waals surface area contributed by atoms with Crippen molar-refractivity contribution in [1.82, 2.24) is 5.32 Å². The molecule has 5 nitrogen and oxygen atoms in total. The summed E-state index contributed by atoms with van der Waals surface area (Å²) in [5, 5.41) is 11.5. The Balaban J connectivity index is 2.52. The molecule has 20 heavy (non-hydrogen) atoms. The molecule has 0 aliphatic rings. The number of hydrogen-bond donors (Lipinski definition) is 3. The summed E-state index contributed by atoms with van der Waals surface area (Å²) in [7, 11) is 0. The van der Waals surface area contributed by atoms with Crippen molar-refractivity contribution < 1.29 is 14.7 Å². The maximum atomic E-state index is 12.1. The zero-order chi connectivity index (χ0) is 15.0. The monoisotopic (exact) mass is 278 g/mol. The second kappa shape index (κ2) is 8.32. The van der Waals surface area contributed by atoms with Crippen LogP contribution >= 0.6 is 0 Å². The Morgan fingerprint density at radius 1 is 1.35 bits per heavy atom. The van der Waals surface area contributed by atoms with Crippen molar-refractivity contribution >= 4 is 11.9 Å². The molecule has 1 aromatic carbocycles. The lowest BCUT2D eigenvalue weighted by Crippen LogP contribution is -2.29. The first-order chi connectivity index (χ1) is 9.54. The van der Waals surface area contributed by atoms with Gasteiger partial charge in [-0.3, -0.25) is 9.59 Å². The highest BCUT2D eigenvalue weighted by atomic mass is 16.4. The minimum atomic E-state index is -0.809. The Morgan fingerprint density at radius 3 is 2.70 bits per heavy atom. The van der Waals surface area contributed by atoms with Crippen LogP contribution in [0.1, 0.15) is 35.7 Å². The third kappa shape index (κ3) is 5.40. The largest absolute Gasteiger partial charge is 0.481 e. The van der Waals surface area contributed by atoms with Crippen molar-refractivity contribution in [2.45, 2.75) is 26.2 Å². The number of carboxylic acid groups (broad SMARTS) is 1. The van der Waals surface area contributed by atoms with E-state index in [4.69, 9.17) is 10.8 Å². The number of carbonyl (C=O) groups excluding carboxylic acids is 1. The molecule has 0 aliphatic heterocycles. The zero-order valence-electron chi connectivity index (χ0n) is 11.8. The van der Waals surface area contributed by atoms with Crippen LogP contribution in [0.25, 0.3) is 0 Å². The van der Waals surface area contributed by atoms with Gasteiger partial charge in [0.1, 0.15) is 0 Å². The van der Waals surface area contributed by atoms with Crippen LogP contribution in [-0.2, 0) is 11.2 Å². The summed E-state index contributed by atoms with van der Waals surface area (Å²) in [6.07, 6.45) is 1.35. The van der Waals surface area contributed by atoms with Crippen molar-refractivity contribution in [3.63, 3.8) is 0 Å². The highest BCUT2D eigenvalue weighted by Crippen LogP contribution is 2.10. The predicted octanol–water partition coefficient (Wildman–Crippen LogP) is 1.42. The number of aliphatic carboxylic acids is 1. The Bertz CT molecular complexity index is 460. The molecule has 5 heteroatoms. The summed E-state index contributed by atoms with van der Waals surface area (Å²) in [5.41, 5.74) is 7.11. The average Bonchev–Trinajstić information content (AvgIpc) is 2.43. The number of benzene rings is 1. The molecule has 0 saturated heterocycles. The van der Waals surface area contributed by atoms with Crippen molar-refractivity contribution in [2.75, 3.05) is 13.1 Å². The summed E-state index contributed by atoms with van der Waals surface area (Å²) in [5.74, 6) is -0.801. The van der Waals surface area contributed by atoms with Gasteiger partial charge in [0.05, 0.1) is 0 Å². The summed E-state index contributed by atoms with van der Waals surface area (Å²) in [4.78, 5) is 22.6. The molecule has 0 saturated carbocycles. The topological polar surface area (TPSA) is 92.4 Å². The van der Waals surface area contributed by atoms with Gasteiger partial charge in [-0.25, -0.2) is 0 Å². The van der Waals surface area contributed by atoms with Gasteiger partial charge in [0.15, 0.2) is 0 Å². The molecule has 1 rings (SSSR count). The summed E-state index contributed by atoms with van der Waals surface area (Å²) in [6.45, 7) is 2.90. The van der Waals surface area contributed by atoms with E-state index in [0.29, 0.717) is 31.5 Å². The molecule has 1 amide bonds. The quantitative estimate of drug-likeness (QED) is 0.670. The van der Waals surface area contributed by atoms with Gasteiger partial charge in [0.25, 0.3) is 5.91 Å². The molecule has 1 unspecified atom stereocenters. The van der Waals surface area contributed by atoms with Crippen LogP contribution in [0.15, 0.2) is 24.3 Å². The van der Waals surface area contributed by atoms with Crippen LogP contribution < -0.4 is 11.1 Å². The molecule has 4 N–H and O–H groups in total. The minimum Gasteiger partial charge on any atom is -0.481 e. The lowest BCUT2D eigenvalue weighted by atomic mass is 10.0. The lowest BCUT2D eigenvalue weighted by Gasteiger charge is -2.13. The van der Waals surface area contributed by atoms with Crippen molar-refractivity contribution in [2.24, 2.45) is 11.7 Å². The van der Waals surface area contributed by atoms with Crippen LogP contribution in [0.4, 0.5) is 0 Å². The fraction of sp³-hybridized carbons (Fsp3) is 0.467. The average molecular weight is 278 g/mol. The number of rotatable bonds is 8. The fourth-order valence-electron chi connectivity index (χ4n) is 1.95. The normalized spacial score (nSPS) is 11.9. The number of carbonyl (C=O) groups is 2. The van der Waals surface area contributed by atoms with E-state index < -0.39 is 5.97 Å².